The molecular formula is C20H40Cl2N4O4Pt-2. The zero-order valence-electron chi connectivity index (χ0n) is 19.8. The minimum atomic E-state index is -0.472. The van der Waals surface area contributed by atoms with E-state index in [2.05, 4.69) is 55.4 Å². The minimum absolute atomic E-state index is 0. The van der Waals surface area contributed by atoms with Gasteiger partial charge in [0.1, 0.15) is 0 Å². The first-order valence-electron chi connectivity index (χ1n) is 9.95. The molecule has 0 amide bonds. The largest absolute Gasteiger partial charge is 0.870 e. The van der Waals surface area contributed by atoms with Crippen molar-refractivity contribution in [1.29, 1.82) is 0 Å². The van der Waals surface area contributed by atoms with Gasteiger partial charge in [-0.15, -0.1) is 0 Å². The third kappa shape index (κ3) is 9.26. The van der Waals surface area contributed by atoms with Gasteiger partial charge in [-0.3, -0.25) is 9.98 Å². The van der Waals surface area contributed by atoms with Gasteiger partial charge in [0.25, 0.3) is 0 Å². The molecule has 0 saturated carbocycles. The van der Waals surface area contributed by atoms with Crippen molar-refractivity contribution in [1.82, 2.24) is 10.1 Å². The fourth-order valence-electron chi connectivity index (χ4n) is 4.97. The summed E-state index contributed by atoms with van der Waals surface area (Å²) in [5.41, 5.74) is -1.16. The molecule has 0 aromatic heterocycles. The maximum Gasteiger partial charge on any atom is -0.870 e. The maximum absolute atomic E-state index is 10.4. The van der Waals surface area contributed by atoms with E-state index in [1.807, 2.05) is 12.4 Å². The number of hydrogen-bond donors (Lipinski definition) is 2. The first-order valence-corrected chi connectivity index (χ1v) is 15.6. The van der Waals surface area contributed by atoms with Crippen molar-refractivity contribution in [3.05, 3.63) is 0 Å². The Morgan fingerprint density at radius 2 is 0.871 bits per heavy atom. The average molecular weight is 667 g/mol. The SMILES string of the molecule is CC1(C)CC(N=CC=NC2CC(C)(C)N(O)C(C)(C)C2)CC(C)(C)N1O.[Cl][Pt][Cl].[OH-].[OH-]. The smallest absolute Gasteiger partial charge is 0.870 e. The van der Waals surface area contributed by atoms with Crippen LogP contribution >= 0.6 is 18.8 Å². The molecule has 0 aromatic carbocycles. The molecule has 0 bridgehead atoms. The van der Waals surface area contributed by atoms with E-state index >= 15 is 0 Å². The predicted molar refractivity (Wildman–Crippen MR) is 122 cm³/mol. The van der Waals surface area contributed by atoms with Crippen LogP contribution in [0.1, 0.15) is 81.1 Å². The third-order valence-corrected chi connectivity index (χ3v) is 5.89. The van der Waals surface area contributed by atoms with Crippen LogP contribution in [0.3, 0.4) is 0 Å². The Kier molecular flexibility index (Phi) is 13.8. The summed E-state index contributed by atoms with van der Waals surface area (Å²) in [5.74, 6) is 0. The molecule has 2 fully saturated rings. The van der Waals surface area contributed by atoms with Crippen LogP contribution in [0.4, 0.5) is 0 Å². The van der Waals surface area contributed by atoms with Gasteiger partial charge < -0.3 is 21.4 Å². The molecular weight excluding hydrogens is 626 g/mol. The Bertz CT molecular complexity index is 518. The van der Waals surface area contributed by atoms with E-state index in [9.17, 15) is 10.4 Å². The molecule has 11 heteroatoms. The van der Waals surface area contributed by atoms with Crippen LogP contribution in [-0.4, -0.2) is 78.2 Å². The summed E-state index contributed by atoms with van der Waals surface area (Å²) in [6.45, 7) is 16.4. The second kappa shape index (κ2) is 12.7. The molecule has 4 N–H and O–H groups in total. The monoisotopic (exact) mass is 665 g/mol. The second-order valence-electron chi connectivity index (χ2n) is 10.6. The molecule has 31 heavy (non-hydrogen) atoms. The summed E-state index contributed by atoms with van der Waals surface area (Å²) in [6, 6.07) is 0.365. The maximum atomic E-state index is 10.4. The van der Waals surface area contributed by atoms with Crippen LogP contribution in [0.25, 0.3) is 0 Å². The average Bonchev–Trinajstić information content (AvgIpc) is 2.54. The zero-order valence-corrected chi connectivity index (χ0v) is 23.6. The van der Waals surface area contributed by atoms with Crippen molar-refractivity contribution in [2.45, 2.75) is 115 Å². The van der Waals surface area contributed by atoms with Crippen molar-refractivity contribution < 1.29 is 37.8 Å². The summed E-state index contributed by atoms with van der Waals surface area (Å²) in [6.07, 6.45) is 6.91. The molecule has 190 valence electrons. The Morgan fingerprint density at radius 1 is 0.677 bits per heavy atom. The van der Waals surface area contributed by atoms with E-state index in [1.54, 1.807) is 0 Å². The fourth-order valence-corrected chi connectivity index (χ4v) is 4.97. The molecule has 0 atom stereocenters. The zero-order chi connectivity index (χ0) is 22.7. The summed E-state index contributed by atoms with van der Waals surface area (Å²) < 4.78 is 0. The van der Waals surface area contributed by atoms with Gasteiger partial charge in [-0.25, -0.2) is 0 Å². The van der Waals surface area contributed by atoms with Crippen molar-refractivity contribution in [3.8, 4) is 0 Å². The Balaban J connectivity index is 0. The van der Waals surface area contributed by atoms with Crippen molar-refractivity contribution in [3.63, 3.8) is 0 Å². The second-order valence-corrected chi connectivity index (χ2v) is 13.9. The number of hydroxylamine groups is 4. The normalized spacial score (nSPS) is 26.2. The standard InChI is InChI=1S/C20H38N4O2.2ClH.2H2O.Pt/c1-17(2)11-15(12-18(3,4)23(17)25)21-9-10-22-16-13-19(5,6)24(26)20(7,8)14-16;;;;;/h9-10,15-16,25-26H,11-14H2,1-8H3;2*1H;2*1H2;/q;;;;;+2/p-4. The topological polar surface area (TPSA) is 132 Å². The predicted octanol–water partition coefficient (Wildman–Crippen LogP) is 4.97. The van der Waals surface area contributed by atoms with Crippen LogP contribution in [-0.2, 0) is 16.5 Å². The van der Waals surface area contributed by atoms with Gasteiger partial charge in [0, 0.05) is 34.6 Å². The number of nitrogens with zero attached hydrogens (tertiary/aromatic N) is 4. The Labute approximate surface area is 204 Å². The Hall–Kier alpha value is 0.368. The minimum Gasteiger partial charge on any atom is -0.870 e. The number of hydrogen-bond acceptors (Lipinski definition) is 8. The quantitative estimate of drug-likeness (QED) is 0.409. The molecule has 0 spiro atoms. The van der Waals surface area contributed by atoms with E-state index in [4.69, 9.17) is 28.8 Å². The molecule has 2 aliphatic heterocycles. The molecule has 0 aliphatic carbocycles. The van der Waals surface area contributed by atoms with Gasteiger partial charge in [0.2, 0.25) is 0 Å². The number of aliphatic imine (C=N–C) groups is 2. The van der Waals surface area contributed by atoms with Crippen LogP contribution in [0.5, 0.6) is 0 Å². The van der Waals surface area contributed by atoms with Crippen molar-refractivity contribution >= 4 is 31.3 Å². The fraction of sp³-hybridized carbons (Fsp3) is 0.900. The third-order valence-electron chi connectivity index (χ3n) is 5.89. The molecule has 2 saturated heterocycles. The van der Waals surface area contributed by atoms with E-state index < -0.39 is 16.5 Å². The number of halogens is 2. The van der Waals surface area contributed by atoms with E-state index in [0.717, 1.165) is 25.7 Å². The van der Waals surface area contributed by atoms with Gasteiger partial charge in [0.15, 0.2) is 0 Å². The van der Waals surface area contributed by atoms with E-state index in [-0.39, 0.29) is 45.2 Å². The molecule has 0 aromatic rings. The van der Waals surface area contributed by atoms with Gasteiger partial charge in [-0.1, -0.05) is 0 Å². The van der Waals surface area contributed by atoms with Crippen LogP contribution in [0.15, 0.2) is 9.98 Å². The molecule has 2 aliphatic rings. The van der Waals surface area contributed by atoms with Gasteiger partial charge in [-0.2, -0.15) is 10.1 Å². The Morgan fingerprint density at radius 3 is 1.06 bits per heavy atom. The van der Waals surface area contributed by atoms with Crippen molar-refractivity contribution in [2.75, 3.05) is 0 Å². The summed E-state index contributed by atoms with van der Waals surface area (Å²) >= 11 is -0.472. The van der Waals surface area contributed by atoms with E-state index in [0.29, 0.717) is 0 Å². The number of rotatable bonds is 3. The van der Waals surface area contributed by atoms with Crippen LogP contribution < -0.4 is 0 Å². The van der Waals surface area contributed by atoms with Gasteiger partial charge in [0.05, 0.1) is 12.1 Å². The molecule has 0 unspecified atom stereocenters. The first-order chi connectivity index (χ1) is 13.1. The number of piperidine rings is 2. The summed E-state index contributed by atoms with van der Waals surface area (Å²) in [7, 11) is 9.75. The van der Waals surface area contributed by atoms with Gasteiger partial charge in [-0.05, 0) is 81.1 Å². The van der Waals surface area contributed by atoms with Crippen LogP contribution in [0.2, 0.25) is 0 Å². The van der Waals surface area contributed by atoms with E-state index in [1.165, 1.54) is 10.1 Å². The summed E-state index contributed by atoms with van der Waals surface area (Å²) in [4.78, 5) is 9.42. The molecule has 8 nitrogen and oxygen atoms in total. The van der Waals surface area contributed by atoms with Crippen molar-refractivity contribution in [2.24, 2.45) is 9.98 Å². The molecule has 2 heterocycles. The first kappa shape index (κ1) is 33.5. The molecule has 2 rings (SSSR count). The van der Waals surface area contributed by atoms with Crippen LogP contribution in [0, 0.1) is 0 Å². The summed E-state index contributed by atoms with van der Waals surface area (Å²) in [5, 5.41) is 23.7. The van der Waals surface area contributed by atoms with Gasteiger partial charge >= 0.3 is 35.3 Å². The molecule has 0 radical (unpaired) electrons.